The highest BCUT2D eigenvalue weighted by molar-refractivity contribution is 5.06. The van der Waals surface area contributed by atoms with Gasteiger partial charge in [0.25, 0.3) is 0 Å². The summed E-state index contributed by atoms with van der Waals surface area (Å²) in [6.45, 7) is 5.31. The molecule has 0 amide bonds. The number of rotatable bonds is 5. The van der Waals surface area contributed by atoms with Gasteiger partial charge in [-0.25, -0.2) is 0 Å². The van der Waals surface area contributed by atoms with Gasteiger partial charge in [-0.15, -0.1) is 0 Å². The zero-order valence-corrected chi connectivity index (χ0v) is 7.59. The molecule has 1 aromatic rings. The summed E-state index contributed by atoms with van der Waals surface area (Å²) in [5, 5.41) is 0. The Hall–Kier alpha value is -0.800. The maximum atomic E-state index is 5.44. The summed E-state index contributed by atoms with van der Waals surface area (Å²) < 4.78 is 5.44. The van der Waals surface area contributed by atoms with E-state index in [1.807, 2.05) is 19.1 Å². The first kappa shape index (κ1) is 9.29. The lowest BCUT2D eigenvalue weighted by molar-refractivity contribution is 0.0423. The summed E-state index contributed by atoms with van der Waals surface area (Å²) >= 11 is 0. The van der Waals surface area contributed by atoms with Crippen molar-refractivity contribution in [3.63, 3.8) is 0 Å². The lowest BCUT2D eigenvalue weighted by Gasteiger charge is -1.99. The second-order valence-corrected chi connectivity index (χ2v) is 2.48. The van der Waals surface area contributed by atoms with Gasteiger partial charge in [-0.05, 0) is 19.1 Å². The normalized spacial score (nSPS) is 10.5. The molecule has 0 fully saturated rings. The molecule has 0 spiro atoms. The molecule has 12 heavy (non-hydrogen) atoms. The maximum Gasteiger partial charge on any atom is 0.120 e. The third-order valence-electron chi connectivity index (χ3n) is 1.56. The van der Waals surface area contributed by atoms with E-state index < -0.39 is 0 Å². The lowest BCUT2D eigenvalue weighted by Crippen LogP contribution is -2.12. The number of furan rings is 1. The molecule has 0 aliphatic heterocycles. The van der Waals surface area contributed by atoms with Gasteiger partial charge in [0.05, 0.1) is 13.2 Å². The van der Waals surface area contributed by atoms with Crippen LogP contribution in [0.3, 0.4) is 0 Å². The maximum absolute atomic E-state index is 5.44. The van der Waals surface area contributed by atoms with Crippen LogP contribution in [0, 0.1) is 0 Å². The quantitative estimate of drug-likeness (QED) is 0.540. The standard InChI is InChI=1S/C9H15NO2/c1-3-8-5-6-9(12-8)7-10-11-4-2/h5-6,10H,3-4,7H2,1-2H3. The van der Waals surface area contributed by atoms with Crippen LogP contribution in [-0.4, -0.2) is 6.61 Å². The van der Waals surface area contributed by atoms with E-state index in [4.69, 9.17) is 9.25 Å². The summed E-state index contributed by atoms with van der Waals surface area (Å²) in [5.74, 6) is 1.93. The molecule has 3 nitrogen and oxygen atoms in total. The molecule has 0 radical (unpaired) electrons. The molecule has 0 atom stereocenters. The van der Waals surface area contributed by atoms with Crippen LogP contribution in [0.25, 0.3) is 0 Å². The number of hydrogen-bond acceptors (Lipinski definition) is 3. The third kappa shape index (κ3) is 2.68. The summed E-state index contributed by atoms with van der Waals surface area (Å²) in [6, 6.07) is 3.95. The van der Waals surface area contributed by atoms with E-state index in [0.29, 0.717) is 13.2 Å². The van der Waals surface area contributed by atoms with Crippen LogP contribution in [0.1, 0.15) is 25.4 Å². The average Bonchev–Trinajstić information content (AvgIpc) is 2.53. The van der Waals surface area contributed by atoms with Gasteiger partial charge in [0.1, 0.15) is 11.5 Å². The van der Waals surface area contributed by atoms with Crippen LogP contribution in [0.4, 0.5) is 0 Å². The molecule has 1 N–H and O–H groups in total. The molecule has 1 heterocycles. The van der Waals surface area contributed by atoms with E-state index >= 15 is 0 Å². The van der Waals surface area contributed by atoms with E-state index in [9.17, 15) is 0 Å². The van der Waals surface area contributed by atoms with E-state index in [0.717, 1.165) is 17.9 Å². The fourth-order valence-electron chi connectivity index (χ4n) is 0.932. The molecule has 1 aromatic heterocycles. The van der Waals surface area contributed by atoms with E-state index in [-0.39, 0.29) is 0 Å². The molecule has 0 aromatic carbocycles. The fourth-order valence-corrected chi connectivity index (χ4v) is 0.932. The van der Waals surface area contributed by atoms with Crippen molar-refractivity contribution in [3.05, 3.63) is 23.7 Å². The van der Waals surface area contributed by atoms with Crippen molar-refractivity contribution in [2.75, 3.05) is 6.61 Å². The van der Waals surface area contributed by atoms with Crippen molar-refractivity contribution in [3.8, 4) is 0 Å². The monoisotopic (exact) mass is 169 g/mol. The second kappa shape index (κ2) is 4.95. The van der Waals surface area contributed by atoms with Gasteiger partial charge >= 0.3 is 0 Å². The zero-order chi connectivity index (χ0) is 8.81. The van der Waals surface area contributed by atoms with Gasteiger partial charge < -0.3 is 9.25 Å². The summed E-state index contributed by atoms with van der Waals surface area (Å²) in [5.41, 5.74) is 2.80. The Balaban J connectivity index is 2.31. The molecule has 0 bridgehead atoms. The van der Waals surface area contributed by atoms with E-state index in [2.05, 4.69) is 12.4 Å². The molecule has 1 rings (SSSR count). The Bertz CT molecular complexity index is 220. The van der Waals surface area contributed by atoms with Crippen molar-refractivity contribution in [1.82, 2.24) is 5.48 Å². The highest BCUT2D eigenvalue weighted by atomic mass is 16.6. The molecular formula is C9H15NO2. The first-order valence-corrected chi connectivity index (χ1v) is 4.29. The molecule has 0 aliphatic rings. The van der Waals surface area contributed by atoms with Gasteiger partial charge in [-0.2, -0.15) is 5.48 Å². The van der Waals surface area contributed by atoms with E-state index in [1.54, 1.807) is 0 Å². The largest absolute Gasteiger partial charge is 0.465 e. The van der Waals surface area contributed by atoms with E-state index in [1.165, 1.54) is 0 Å². The van der Waals surface area contributed by atoms with Crippen molar-refractivity contribution in [2.45, 2.75) is 26.8 Å². The molecule has 0 saturated carbocycles. The van der Waals surface area contributed by atoms with Crippen LogP contribution in [0.5, 0.6) is 0 Å². The van der Waals surface area contributed by atoms with Gasteiger partial charge in [0.15, 0.2) is 0 Å². The van der Waals surface area contributed by atoms with Crippen molar-refractivity contribution in [1.29, 1.82) is 0 Å². The predicted molar refractivity (Wildman–Crippen MR) is 46.6 cm³/mol. The van der Waals surface area contributed by atoms with Crippen LogP contribution in [0.2, 0.25) is 0 Å². The average molecular weight is 169 g/mol. The molecule has 0 aliphatic carbocycles. The molecule has 68 valence electrons. The molecule has 0 saturated heterocycles. The molecule has 3 heteroatoms. The van der Waals surface area contributed by atoms with Gasteiger partial charge in [0.2, 0.25) is 0 Å². The Morgan fingerprint density at radius 1 is 1.33 bits per heavy atom. The van der Waals surface area contributed by atoms with Crippen molar-refractivity contribution in [2.24, 2.45) is 0 Å². The van der Waals surface area contributed by atoms with Crippen LogP contribution < -0.4 is 5.48 Å². The van der Waals surface area contributed by atoms with Crippen LogP contribution in [0.15, 0.2) is 16.5 Å². The Labute approximate surface area is 72.7 Å². The second-order valence-electron chi connectivity index (χ2n) is 2.48. The molecular weight excluding hydrogens is 154 g/mol. The Kier molecular flexibility index (Phi) is 3.84. The van der Waals surface area contributed by atoms with Crippen molar-refractivity contribution < 1.29 is 9.25 Å². The lowest BCUT2D eigenvalue weighted by atomic mass is 10.4. The third-order valence-corrected chi connectivity index (χ3v) is 1.56. The van der Waals surface area contributed by atoms with Crippen LogP contribution in [-0.2, 0) is 17.8 Å². The first-order chi connectivity index (χ1) is 5.86. The minimum absolute atomic E-state index is 0.633. The Morgan fingerprint density at radius 3 is 2.67 bits per heavy atom. The minimum Gasteiger partial charge on any atom is -0.465 e. The summed E-state index contributed by atoms with van der Waals surface area (Å²) in [4.78, 5) is 4.97. The van der Waals surface area contributed by atoms with Gasteiger partial charge in [-0.3, -0.25) is 0 Å². The first-order valence-electron chi connectivity index (χ1n) is 4.29. The highest BCUT2D eigenvalue weighted by Crippen LogP contribution is 2.07. The molecule has 0 unspecified atom stereocenters. The SMILES string of the molecule is CCONCc1ccc(CC)o1. The Morgan fingerprint density at radius 2 is 2.08 bits per heavy atom. The summed E-state index contributed by atoms with van der Waals surface area (Å²) in [7, 11) is 0. The minimum atomic E-state index is 0.633. The fraction of sp³-hybridized carbons (Fsp3) is 0.556. The number of aryl methyl sites for hydroxylation is 1. The number of hydroxylamine groups is 1. The van der Waals surface area contributed by atoms with Gasteiger partial charge in [-0.1, -0.05) is 6.92 Å². The number of hydrogen-bond donors (Lipinski definition) is 1. The van der Waals surface area contributed by atoms with Crippen molar-refractivity contribution >= 4 is 0 Å². The van der Waals surface area contributed by atoms with Crippen LogP contribution >= 0.6 is 0 Å². The predicted octanol–water partition coefficient (Wildman–Crippen LogP) is 1.88. The topological polar surface area (TPSA) is 34.4 Å². The van der Waals surface area contributed by atoms with Gasteiger partial charge in [0, 0.05) is 6.42 Å². The highest BCUT2D eigenvalue weighted by Gasteiger charge is 1.98. The summed E-state index contributed by atoms with van der Waals surface area (Å²) in [6.07, 6.45) is 0.939. The zero-order valence-electron chi connectivity index (χ0n) is 7.59. The smallest absolute Gasteiger partial charge is 0.120 e. The number of nitrogens with one attached hydrogen (secondary N) is 1.